The molecule has 1 aromatic carbocycles. The highest BCUT2D eigenvalue weighted by atomic mass is 16.1. The van der Waals surface area contributed by atoms with Gasteiger partial charge >= 0.3 is 0 Å². The van der Waals surface area contributed by atoms with Crippen molar-refractivity contribution in [2.24, 2.45) is 0 Å². The number of aryl methyl sites for hydroxylation is 1. The van der Waals surface area contributed by atoms with Gasteiger partial charge in [-0.1, -0.05) is 12.1 Å². The second-order valence-corrected chi connectivity index (χ2v) is 5.37. The highest BCUT2D eigenvalue weighted by Gasteiger charge is 2.07. The summed E-state index contributed by atoms with van der Waals surface area (Å²) in [6.07, 6.45) is 3.11. The van der Waals surface area contributed by atoms with Crippen LogP contribution in [0.4, 0.5) is 17.3 Å². The van der Waals surface area contributed by atoms with E-state index in [-0.39, 0.29) is 5.91 Å². The van der Waals surface area contributed by atoms with Gasteiger partial charge in [0.2, 0.25) is 0 Å². The number of anilines is 3. The third kappa shape index (κ3) is 3.55. The van der Waals surface area contributed by atoms with Crippen LogP contribution in [-0.2, 0) is 0 Å². The Morgan fingerprint density at radius 2 is 1.75 bits per heavy atom. The summed E-state index contributed by atoms with van der Waals surface area (Å²) < 4.78 is 0. The van der Waals surface area contributed by atoms with Gasteiger partial charge in [-0.15, -0.1) is 10.2 Å². The monoisotopic (exact) mass is 319 g/mol. The number of hydrogen-bond acceptors (Lipinski definition) is 5. The van der Waals surface area contributed by atoms with Crippen LogP contribution in [0.5, 0.6) is 0 Å². The van der Waals surface area contributed by atoms with Crippen LogP contribution in [-0.4, -0.2) is 21.1 Å². The lowest BCUT2D eigenvalue weighted by Gasteiger charge is -2.10. The fraction of sp³-hybridized carbons (Fsp3) is 0.111. The molecule has 0 radical (unpaired) electrons. The van der Waals surface area contributed by atoms with E-state index in [0.717, 1.165) is 11.3 Å². The Balaban J connectivity index is 1.69. The summed E-state index contributed by atoms with van der Waals surface area (Å²) in [5, 5.41) is 14.0. The molecule has 0 fully saturated rings. The lowest BCUT2D eigenvalue weighted by atomic mass is 10.1. The zero-order valence-corrected chi connectivity index (χ0v) is 13.4. The minimum absolute atomic E-state index is 0.271. The Morgan fingerprint density at radius 3 is 2.46 bits per heavy atom. The summed E-state index contributed by atoms with van der Waals surface area (Å²) in [4.78, 5) is 16.0. The number of amides is 1. The van der Waals surface area contributed by atoms with Gasteiger partial charge in [0.25, 0.3) is 5.91 Å². The molecule has 3 rings (SSSR count). The van der Waals surface area contributed by atoms with Crippen LogP contribution in [0.25, 0.3) is 0 Å². The van der Waals surface area contributed by atoms with E-state index in [2.05, 4.69) is 38.8 Å². The van der Waals surface area contributed by atoms with E-state index in [4.69, 9.17) is 0 Å². The van der Waals surface area contributed by atoms with Crippen molar-refractivity contribution >= 4 is 23.2 Å². The lowest BCUT2D eigenvalue weighted by molar-refractivity contribution is 0.102. The predicted molar refractivity (Wildman–Crippen MR) is 93.4 cm³/mol. The van der Waals surface area contributed by atoms with Gasteiger partial charge in [-0.2, -0.15) is 0 Å². The molecule has 2 N–H and O–H groups in total. The SMILES string of the molecule is Cc1cccc(Nc2ccc(NC(=O)c3cccnc3)nn2)c1C. The molecule has 6 nitrogen and oxygen atoms in total. The quantitative estimate of drug-likeness (QED) is 0.769. The summed E-state index contributed by atoms with van der Waals surface area (Å²) in [7, 11) is 0. The van der Waals surface area contributed by atoms with Crippen LogP contribution in [0.3, 0.4) is 0 Å². The maximum Gasteiger partial charge on any atom is 0.258 e. The fourth-order valence-electron chi connectivity index (χ4n) is 2.18. The topological polar surface area (TPSA) is 79.8 Å². The number of aromatic nitrogens is 3. The first-order chi connectivity index (χ1) is 11.6. The van der Waals surface area contributed by atoms with Crippen molar-refractivity contribution in [1.29, 1.82) is 0 Å². The molecule has 0 unspecified atom stereocenters. The number of benzene rings is 1. The first-order valence-electron chi connectivity index (χ1n) is 7.52. The smallest absolute Gasteiger partial charge is 0.258 e. The Kier molecular flexibility index (Phi) is 4.47. The zero-order valence-electron chi connectivity index (χ0n) is 13.4. The molecule has 1 amide bonds. The minimum atomic E-state index is -0.271. The molecular weight excluding hydrogens is 302 g/mol. The number of nitrogens with one attached hydrogen (secondary N) is 2. The first-order valence-corrected chi connectivity index (χ1v) is 7.52. The van der Waals surface area contributed by atoms with Crippen molar-refractivity contribution in [3.8, 4) is 0 Å². The van der Waals surface area contributed by atoms with Crippen molar-refractivity contribution in [1.82, 2.24) is 15.2 Å². The molecule has 0 aliphatic heterocycles. The minimum Gasteiger partial charge on any atom is -0.339 e. The van der Waals surface area contributed by atoms with E-state index in [1.54, 1.807) is 30.5 Å². The number of carbonyl (C=O) groups is 1. The number of nitrogens with zero attached hydrogens (tertiary/aromatic N) is 3. The van der Waals surface area contributed by atoms with Crippen LogP contribution < -0.4 is 10.6 Å². The number of rotatable bonds is 4. The van der Waals surface area contributed by atoms with Crippen molar-refractivity contribution < 1.29 is 4.79 Å². The molecule has 0 saturated carbocycles. The molecular formula is C18H17N5O. The Bertz CT molecular complexity index is 847. The van der Waals surface area contributed by atoms with Crippen LogP contribution in [0.15, 0.2) is 54.9 Å². The van der Waals surface area contributed by atoms with Crippen LogP contribution in [0.2, 0.25) is 0 Å². The van der Waals surface area contributed by atoms with Gasteiger partial charge in [0.15, 0.2) is 11.6 Å². The largest absolute Gasteiger partial charge is 0.339 e. The van der Waals surface area contributed by atoms with E-state index < -0.39 is 0 Å². The normalized spacial score (nSPS) is 10.2. The van der Waals surface area contributed by atoms with Gasteiger partial charge in [-0.3, -0.25) is 9.78 Å². The van der Waals surface area contributed by atoms with Crippen LogP contribution in [0, 0.1) is 13.8 Å². The Morgan fingerprint density at radius 1 is 0.958 bits per heavy atom. The third-order valence-corrected chi connectivity index (χ3v) is 3.70. The molecule has 0 spiro atoms. The Hall–Kier alpha value is -3.28. The lowest BCUT2D eigenvalue weighted by Crippen LogP contribution is -2.13. The third-order valence-electron chi connectivity index (χ3n) is 3.70. The maximum atomic E-state index is 12.0. The van der Waals surface area contributed by atoms with E-state index >= 15 is 0 Å². The fourth-order valence-corrected chi connectivity index (χ4v) is 2.18. The summed E-state index contributed by atoms with van der Waals surface area (Å²) in [5.74, 6) is 0.728. The molecule has 0 saturated heterocycles. The average Bonchev–Trinajstić information content (AvgIpc) is 2.61. The molecule has 120 valence electrons. The summed E-state index contributed by atoms with van der Waals surface area (Å²) >= 11 is 0. The molecule has 0 atom stereocenters. The summed E-state index contributed by atoms with van der Waals surface area (Å²) in [5.41, 5.74) is 3.81. The maximum absolute atomic E-state index is 12.0. The molecule has 24 heavy (non-hydrogen) atoms. The standard InChI is InChI=1S/C18H17N5O/c1-12-5-3-7-15(13(12)2)20-16-8-9-17(23-22-16)21-18(24)14-6-4-10-19-11-14/h3-11H,1-2H3,(H,20,22)(H,21,23,24). The first kappa shape index (κ1) is 15.6. The van der Waals surface area contributed by atoms with Crippen molar-refractivity contribution in [3.05, 3.63) is 71.5 Å². The predicted octanol–water partition coefficient (Wildman–Crippen LogP) is 3.48. The van der Waals surface area contributed by atoms with E-state index in [1.807, 2.05) is 19.1 Å². The van der Waals surface area contributed by atoms with Crippen molar-refractivity contribution in [2.75, 3.05) is 10.6 Å². The van der Waals surface area contributed by atoms with Crippen molar-refractivity contribution in [3.63, 3.8) is 0 Å². The molecule has 2 heterocycles. The Labute approximate surface area is 140 Å². The van der Waals surface area contributed by atoms with Gasteiger partial charge in [0.05, 0.1) is 5.56 Å². The zero-order chi connectivity index (χ0) is 16.9. The van der Waals surface area contributed by atoms with E-state index in [0.29, 0.717) is 17.2 Å². The van der Waals surface area contributed by atoms with Gasteiger partial charge in [0, 0.05) is 18.1 Å². The molecule has 0 aliphatic carbocycles. The molecule has 2 aromatic heterocycles. The molecule has 0 bridgehead atoms. The molecule has 6 heteroatoms. The number of hydrogen-bond donors (Lipinski definition) is 2. The summed E-state index contributed by atoms with van der Waals surface area (Å²) in [6.45, 7) is 4.11. The second-order valence-electron chi connectivity index (χ2n) is 5.37. The average molecular weight is 319 g/mol. The van der Waals surface area contributed by atoms with Gasteiger partial charge in [-0.25, -0.2) is 0 Å². The molecule has 3 aromatic rings. The van der Waals surface area contributed by atoms with E-state index in [9.17, 15) is 4.79 Å². The number of pyridine rings is 1. The van der Waals surface area contributed by atoms with Gasteiger partial charge < -0.3 is 10.6 Å². The second kappa shape index (κ2) is 6.87. The highest BCUT2D eigenvalue weighted by Crippen LogP contribution is 2.21. The van der Waals surface area contributed by atoms with E-state index in [1.165, 1.54) is 11.8 Å². The van der Waals surface area contributed by atoms with Crippen LogP contribution in [0.1, 0.15) is 21.5 Å². The van der Waals surface area contributed by atoms with Crippen molar-refractivity contribution in [2.45, 2.75) is 13.8 Å². The van der Waals surface area contributed by atoms with Gasteiger partial charge in [0.1, 0.15) is 0 Å². The molecule has 0 aliphatic rings. The summed E-state index contributed by atoms with van der Waals surface area (Å²) in [6, 6.07) is 12.9. The van der Waals surface area contributed by atoms with Crippen LogP contribution >= 0.6 is 0 Å². The number of carbonyl (C=O) groups excluding carboxylic acids is 1. The van der Waals surface area contributed by atoms with Gasteiger partial charge in [-0.05, 0) is 55.3 Å². The highest BCUT2D eigenvalue weighted by molar-refractivity contribution is 6.03.